The second kappa shape index (κ2) is 8.81. The highest BCUT2D eigenvalue weighted by Gasteiger charge is 2.20. The molecule has 132 valence electrons. The van der Waals surface area contributed by atoms with E-state index in [-0.39, 0.29) is 5.91 Å². The number of hydrogen-bond donors (Lipinski definition) is 1. The molecular weight excluding hydrogens is 382 g/mol. The van der Waals surface area contributed by atoms with Crippen LogP contribution in [0.1, 0.15) is 49.0 Å². The maximum Gasteiger partial charge on any atom is 0.338 e. The summed E-state index contributed by atoms with van der Waals surface area (Å²) in [7, 11) is 0. The van der Waals surface area contributed by atoms with Gasteiger partial charge in [-0.15, -0.1) is 0 Å². The van der Waals surface area contributed by atoms with Gasteiger partial charge < -0.3 is 10.1 Å². The Morgan fingerprint density at radius 1 is 1.08 bits per heavy atom. The number of hydrogen-bond acceptors (Lipinski definition) is 3. The third kappa shape index (κ3) is 5.16. The maximum absolute atomic E-state index is 12.4. The second-order valence-corrected chi connectivity index (χ2v) is 6.86. The summed E-state index contributed by atoms with van der Waals surface area (Å²) in [6.45, 7) is 5.78. The molecule has 0 unspecified atom stereocenters. The van der Waals surface area contributed by atoms with Crippen LogP contribution in [0, 0.1) is 0 Å². The summed E-state index contributed by atoms with van der Waals surface area (Å²) in [5.41, 5.74) is 2.24. The Morgan fingerprint density at radius 2 is 1.72 bits per heavy atom. The zero-order chi connectivity index (χ0) is 18.4. The van der Waals surface area contributed by atoms with Gasteiger partial charge in [0.1, 0.15) is 0 Å². The number of carbonyl (C=O) groups is 2. The molecule has 4 nitrogen and oxygen atoms in total. The summed E-state index contributed by atoms with van der Waals surface area (Å²) in [6.07, 6.45) is 0.0854. The van der Waals surface area contributed by atoms with Crippen molar-refractivity contribution in [2.45, 2.75) is 39.2 Å². The van der Waals surface area contributed by atoms with Crippen molar-refractivity contribution in [3.8, 4) is 0 Å². The van der Waals surface area contributed by atoms with Gasteiger partial charge in [0.25, 0.3) is 5.91 Å². The van der Waals surface area contributed by atoms with Crippen molar-refractivity contribution in [1.82, 2.24) is 0 Å². The Hall–Kier alpha value is -2.14. The monoisotopic (exact) mass is 403 g/mol. The van der Waals surface area contributed by atoms with Gasteiger partial charge in [0.2, 0.25) is 0 Å². The summed E-state index contributed by atoms with van der Waals surface area (Å²) < 4.78 is 6.14. The predicted octanol–water partition coefficient (Wildman–Crippen LogP) is 5.15. The van der Waals surface area contributed by atoms with Gasteiger partial charge in [-0.25, -0.2) is 4.79 Å². The van der Waals surface area contributed by atoms with Gasteiger partial charge in [-0.1, -0.05) is 48.0 Å². The molecule has 2 aromatic carbocycles. The SMILES string of the molecule is CC[C@H](C)c1ccccc1NC(=O)[C@H](C)OC(=O)c1ccc(Br)cc1. The van der Waals surface area contributed by atoms with Gasteiger partial charge in [0.15, 0.2) is 6.10 Å². The van der Waals surface area contributed by atoms with Crippen molar-refractivity contribution in [3.05, 3.63) is 64.1 Å². The molecule has 0 aromatic heterocycles. The molecule has 0 aliphatic heterocycles. The van der Waals surface area contributed by atoms with Crippen LogP contribution >= 0.6 is 15.9 Å². The summed E-state index contributed by atoms with van der Waals surface area (Å²) >= 11 is 3.31. The first kappa shape index (κ1) is 19.2. The third-order valence-corrected chi connectivity index (χ3v) is 4.62. The average molecular weight is 404 g/mol. The molecule has 0 fully saturated rings. The van der Waals surface area contributed by atoms with Crippen LogP contribution in [0.5, 0.6) is 0 Å². The van der Waals surface area contributed by atoms with Gasteiger partial charge in [-0.05, 0) is 55.2 Å². The van der Waals surface area contributed by atoms with Gasteiger partial charge in [-0.2, -0.15) is 0 Å². The number of carbonyl (C=O) groups excluding carboxylic acids is 2. The first-order chi connectivity index (χ1) is 11.9. The Bertz CT molecular complexity index is 743. The lowest BCUT2D eigenvalue weighted by molar-refractivity contribution is -0.123. The molecule has 1 N–H and O–H groups in total. The highest BCUT2D eigenvalue weighted by atomic mass is 79.9. The smallest absolute Gasteiger partial charge is 0.338 e. The van der Waals surface area contributed by atoms with Crippen LogP contribution in [0.4, 0.5) is 5.69 Å². The molecule has 0 aliphatic rings. The van der Waals surface area contributed by atoms with E-state index in [1.54, 1.807) is 31.2 Å². The van der Waals surface area contributed by atoms with Gasteiger partial charge in [0, 0.05) is 10.2 Å². The number of ether oxygens (including phenoxy) is 1. The first-order valence-electron chi connectivity index (χ1n) is 8.28. The van der Waals surface area contributed by atoms with E-state index in [1.165, 1.54) is 0 Å². The number of esters is 1. The lowest BCUT2D eigenvalue weighted by Gasteiger charge is -2.18. The van der Waals surface area contributed by atoms with Crippen molar-refractivity contribution in [2.75, 3.05) is 5.32 Å². The number of nitrogens with one attached hydrogen (secondary N) is 1. The van der Waals surface area contributed by atoms with Crippen molar-refractivity contribution in [3.63, 3.8) is 0 Å². The molecule has 25 heavy (non-hydrogen) atoms. The van der Waals surface area contributed by atoms with E-state index < -0.39 is 12.1 Å². The van der Waals surface area contributed by atoms with Crippen molar-refractivity contribution in [2.24, 2.45) is 0 Å². The summed E-state index contributed by atoms with van der Waals surface area (Å²) in [5, 5.41) is 2.87. The first-order valence-corrected chi connectivity index (χ1v) is 9.08. The van der Waals surface area contributed by atoms with E-state index >= 15 is 0 Å². The van der Waals surface area contributed by atoms with Crippen molar-refractivity contribution in [1.29, 1.82) is 0 Å². The summed E-state index contributed by atoms with van der Waals surface area (Å²) in [6, 6.07) is 14.5. The van der Waals surface area contributed by atoms with Crippen LogP contribution < -0.4 is 5.32 Å². The number of rotatable bonds is 6. The summed E-state index contributed by atoms with van der Waals surface area (Å²) in [5.74, 6) is -0.538. The van der Waals surface area contributed by atoms with Crippen LogP contribution in [-0.2, 0) is 9.53 Å². The minimum Gasteiger partial charge on any atom is -0.449 e. The van der Waals surface area contributed by atoms with Crippen LogP contribution in [0.25, 0.3) is 0 Å². The normalized spacial score (nSPS) is 13.0. The van der Waals surface area contributed by atoms with Gasteiger partial charge >= 0.3 is 5.97 Å². The van der Waals surface area contributed by atoms with E-state index in [4.69, 9.17) is 4.74 Å². The molecule has 0 saturated carbocycles. The number of amides is 1. The second-order valence-electron chi connectivity index (χ2n) is 5.94. The summed E-state index contributed by atoms with van der Waals surface area (Å²) in [4.78, 5) is 24.5. The number of para-hydroxylation sites is 1. The molecule has 2 atom stereocenters. The molecule has 1 amide bonds. The number of anilines is 1. The topological polar surface area (TPSA) is 55.4 Å². The van der Waals surface area contributed by atoms with Crippen LogP contribution in [-0.4, -0.2) is 18.0 Å². The fraction of sp³-hybridized carbons (Fsp3) is 0.300. The van der Waals surface area contributed by atoms with E-state index in [1.807, 2.05) is 24.3 Å². The van der Waals surface area contributed by atoms with E-state index in [9.17, 15) is 9.59 Å². The Kier molecular flexibility index (Phi) is 6.76. The quantitative estimate of drug-likeness (QED) is 0.678. The molecule has 2 aromatic rings. The van der Waals surface area contributed by atoms with Gasteiger partial charge in [0.05, 0.1) is 5.56 Å². The fourth-order valence-corrected chi connectivity index (χ4v) is 2.63. The van der Waals surface area contributed by atoms with Crippen molar-refractivity contribution < 1.29 is 14.3 Å². The van der Waals surface area contributed by atoms with E-state index in [0.717, 1.165) is 22.1 Å². The van der Waals surface area contributed by atoms with Crippen LogP contribution in [0.3, 0.4) is 0 Å². The lowest BCUT2D eigenvalue weighted by Crippen LogP contribution is -2.30. The molecule has 0 spiro atoms. The Morgan fingerprint density at radius 3 is 2.36 bits per heavy atom. The molecule has 2 rings (SSSR count). The zero-order valence-electron chi connectivity index (χ0n) is 14.6. The zero-order valence-corrected chi connectivity index (χ0v) is 16.2. The third-order valence-electron chi connectivity index (χ3n) is 4.09. The Labute approximate surface area is 156 Å². The number of benzene rings is 2. The largest absolute Gasteiger partial charge is 0.449 e. The minimum atomic E-state index is -0.888. The Balaban J connectivity index is 2.03. The van der Waals surface area contributed by atoms with Gasteiger partial charge in [-0.3, -0.25) is 4.79 Å². The van der Waals surface area contributed by atoms with E-state index in [0.29, 0.717) is 11.5 Å². The van der Waals surface area contributed by atoms with Crippen molar-refractivity contribution >= 4 is 33.5 Å². The van der Waals surface area contributed by atoms with Crippen LogP contribution in [0.15, 0.2) is 53.0 Å². The molecule has 5 heteroatoms. The highest BCUT2D eigenvalue weighted by Crippen LogP contribution is 2.26. The number of halogens is 1. The fourth-order valence-electron chi connectivity index (χ4n) is 2.36. The standard InChI is InChI=1S/C20H22BrNO3/c1-4-13(2)17-7-5-6-8-18(17)22-19(23)14(3)25-20(24)15-9-11-16(21)12-10-15/h5-14H,4H2,1-3H3,(H,22,23)/t13-,14-/m0/s1. The van der Waals surface area contributed by atoms with E-state index in [2.05, 4.69) is 35.1 Å². The average Bonchev–Trinajstić information content (AvgIpc) is 2.61. The minimum absolute atomic E-state index is 0.331. The predicted molar refractivity (Wildman–Crippen MR) is 103 cm³/mol. The lowest BCUT2D eigenvalue weighted by atomic mass is 9.97. The highest BCUT2D eigenvalue weighted by molar-refractivity contribution is 9.10. The molecule has 0 radical (unpaired) electrons. The molecule has 0 aliphatic carbocycles. The molecular formula is C20H22BrNO3. The molecule has 0 saturated heterocycles. The maximum atomic E-state index is 12.4. The molecule has 0 heterocycles. The molecule has 0 bridgehead atoms. The van der Waals surface area contributed by atoms with Crippen LogP contribution in [0.2, 0.25) is 0 Å².